The smallest absolute Gasteiger partial charge is 0.242 e. The summed E-state index contributed by atoms with van der Waals surface area (Å²) in [5.41, 5.74) is 0.827. The molecule has 0 aliphatic carbocycles. The second-order valence-electron chi connectivity index (χ2n) is 4.47. The fraction of sp³-hybridized carbons (Fsp3) is 0.286. The number of pyridine rings is 1. The van der Waals surface area contributed by atoms with E-state index in [-0.39, 0.29) is 11.9 Å². The summed E-state index contributed by atoms with van der Waals surface area (Å²) in [5, 5.41) is 8.29. The lowest BCUT2D eigenvalue weighted by atomic mass is 10.1. The fourth-order valence-corrected chi connectivity index (χ4v) is 3.11. The largest absolute Gasteiger partial charge is 0.324 e. The van der Waals surface area contributed by atoms with Gasteiger partial charge in [0.1, 0.15) is 0 Å². The maximum atomic E-state index is 12.2. The molecular formula is C14H15N3OS. The first kappa shape index (κ1) is 12.4. The molecule has 3 rings (SSSR count). The van der Waals surface area contributed by atoms with E-state index in [1.165, 1.54) is 0 Å². The Hall–Kier alpha value is -1.59. The van der Waals surface area contributed by atoms with Gasteiger partial charge in [0, 0.05) is 35.8 Å². The highest BCUT2D eigenvalue weighted by molar-refractivity contribution is 7.99. The third kappa shape index (κ3) is 2.72. The quantitative estimate of drug-likeness (QED) is 0.877. The second kappa shape index (κ2) is 5.59. The molecule has 2 aromatic rings. The van der Waals surface area contributed by atoms with E-state index >= 15 is 0 Å². The Morgan fingerprint density at radius 2 is 2.37 bits per heavy atom. The Morgan fingerprint density at radius 3 is 3.21 bits per heavy atom. The molecule has 2 heterocycles. The number of hydrogen-bond acceptors (Lipinski definition) is 4. The lowest BCUT2D eigenvalue weighted by Crippen LogP contribution is -2.46. The number of carbonyl (C=O) groups excluding carboxylic acids is 1. The number of anilines is 1. The lowest BCUT2D eigenvalue weighted by Gasteiger charge is -2.22. The Balaban J connectivity index is 1.82. The molecule has 4 nitrogen and oxygen atoms in total. The number of nitrogens with one attached hydrogen (secondary N) is 2. The van der Waals surface area contributed by atoms with Crippen molar-refractivity contribution in [3.05, 3.63) is 36.7 Å². The lowest BCUT2D eigenvalue weighted by molar-refractivity contribution is -0.117. The molecular weight excluding hydrogens is 258 g/mol. The highest BCUT2D eigenvalue weighted by atomic mass is 32.2. The fourth-order valence-electron chi connectivity index (χ4n) is 2.18. The maximum Gasteiger partial charge on any atom is 0.242 e. The summed E-state index contributed by atoms with van der Waals surface area (Å²) in [6, 6.07) is 7.71. The summed E-state index contributed by atoms with van der Waals surface area (Å²) in [7, 11) is 0. The Morgan fingerprint density at radius 1 is 1.42 bits per heavy atom. The number of amides is 1. The van der Waals surface area contributed by atoms with Crippen LogP contribution in [0.2, 0.25) is 0 Å². The molecule has 19 heavy (non-hydrogen) atoms. The number of carbonyl (C=O) groups is 1. The highest BCUT2D eigenvalue weighted by Gasteiger charge is 2.21. The van der Waals surface area contributed by atoms with Crippen LogP contribution in [-0.4, -0.2) is 35.0 Å². The van der Waals surface area contributed by atoms with Crippen LogP contribution in [0.3, 0.4) is 0 Å². The van der Waals surface area contributed by atoms with Gasteiger partial charge in [-0.3, -0.25) is 9.78 Å². The molecule has 1 unspecified atom stereocenters. The number of thioether (sulfide) groups is 1. The molecule has 5 heteroatoms. The van der Waals surface area contributed by atoms with Crippen molar-refractivity contribution in [2.75, 3.05) is 23.4 Å². The third-order valence-corrected chi connectivity index (χ3v) is 4.24. The minimum Gasteiger partial charge on any atom is -0.324 e. The standard InChI is InChI=1S/C14H15N3OS/c18-14(13-9-19-7-6-16-13)17-12-3-1-2-10-4-5-15-8-11(10)12/h1-5,8,13,16H,6-7,9H2,(H,17,18). The average molecular weight is 273 g/mol. The Kier molecular flexibility index (Phi) is 3.66. The van der Waals surface area contributed by atoms with Crippen molar-refractivity contribution in [1.82, 2.24) is 10.3 Å². The molecule has 1 atom stereocenters. The molecule has 0 saturated carbocycles. The molecule has 1 aromatic carbocycles. The van der Waals surface area contributed by atoms with Crippen molar-refractivity contribution in [2.24, 2.45) is 0 Å². The van der Waals surface area contributed by atoms with Crippen molar-refractivity contribution in [1.29, 1.82) is 0 Å². The van der Waals surface area contributed by atoms with Crippen molar-refractivity contribution in [3.8, 4) is 0 Å². The van der Waals surface area contributed by atoms with Crippen molar-refractivity contribution >= 4 is 34.1 Å². The van der Waals surface area contributed by atoms with E-state index in [0.29, 0.717) is 0 Å². The number of fused-ring (bicyclic) bond motifs is 1. The van der Waals surface area contributed by atoms with E-state index in [0.717, 1.165) is 34.5 Å². The zero-order chi connectivity index (χ0) is 13.1. The first-order valence-electron chi connectivity index (χ1n) is 6.29. The SMILES string of the molecule is O=C(Nc1cccc2ccncc12)C1CSCCN1. The van der Waals surface area contributed by atoms with E-state index in [1.54, 1.807) is 12.4 Å². The molecule has 2 N–H and O–H groups in total. The molecule has 0 bridgehead atoms. The predicted octanol–water partition coefficient (Wildman–Crippen LogP) is 1.88. The van der Waals surface area contributed by atoms with Crippen LogP contribution in [0.15, 0.2) is 36.7 Å². The summed E-state index contributed by atoms with van der Waals surface area (Å²) in [6.07, 6.45) is 3.54. The number of aromatic nitrogens is 1. The van der Waals surface area contributed by atoms with Gasteiger partial charge in [0.25, 0.3) is 0 Å². The van der Waals surface area contributed by atoms with Crippen LogP contribution in [0.4, 0.5) is 5.69 Å². The normalized spacial score (nSPS) is 19.3. The monoisotopic (exact) mass is 273 g/mol. The maximum absolute atomic E-state index is 12.2. The molecule has 1 aliphatic heterocycles. The summed E-state index contributed by atoms with van der Waals surface area (Å²) in [6.45, 7) is 0.889. The van der Waals surface area contributed by atoms with Gasteiger partial charge in [-0.2, -0.15) is 11.8 Å². The van der Waals surface area contributed by atoms with E-state index in [9.17, 15) is 4.79 Å². The van der Waals surface area contributed by atoms with Gasteiger partial charge in [-0.05, 0) is 17.5 Å². The Bertz CT molecular complexity index is 591. The van der Waals surface area contributed by atoms with Crippen LogP contribution >= 0.6 is 11.8 Å². The van der Waals surface area contributed by atoms with Crippen LogP contribution in [0.1, 0.15) is 0 Å². The minimum absolute atomic E-state index is 0.0311. The molecule has 98 valence electrons. The molecule has 1 amide bonds. The average Bonchev–Trinajstić information content (AvgIpc) is 2.48. The zero-order valence-corrected chi connectivity index (χ0v) is 11.2. The summed E-state index contributed by atoms with van der Waals surface area (Å²) in [4.78, 5) is 16.3. The number of benzene rings is 1. The predicted molar refractivity (Wildman–Crippen MR) is 79.5 cm³/mol. The molecule has 1 aliphatic rings. The van der Waals surface area contributed by atoms with Gasteiger partial charge in [-0.25, -0.2) is 0 Å². The first-order valence-corrected chi connectivity index (χ1v) is 7.45. The number of rotatable bonds is 2. The van der Waals surface area contributed by atoms with Crippen molar-refractivity contribution in [2.45, 2.75) is 6.04 Å². The minimum atomic E-state index is -0.106. The van der Waals surface area contributed by atoms with Gasteiger partial charge < -0.3 is 10.6 Å². The molecule has 1 saturated heterocycles. The summed E-state index contributed by atoms with van der Waals surface area (Å²) < 4.78 is 0. The topological polar surface area (TPSA) is 54.0 Å². The third-order valence-electron chi connectivity index (χ3n) is 3.18. The summed E-state index contributed by atoms with van der Waals surface area (Å²) in [5.74, 6) is 1.93. The summed E-state index contributed by atoms with van der Waals surface area (Å²) >= 11 is 1.81. The van der Waals surface area contributed by atoms with Gasteiger partial charge >= 0.3 is 0 Å². The highest BCUT2D eigenvalue weighted by Crippen LogP contribution is 2.22. The van der Waals surface area contributed by atoms with Gasteiger partial charge in [0.15, 0.2) is 0 Å². The van der Waals surface area contributed by atoms with Crippen LogP contribution in [0.5, 0.6) is 0 Å². The second-order valence-corrected chi connectivity index (χ2v) is 5.62. The Labute approximate surface area is 116 Å². The van der Waals surface area contributed by atoms with E-state index in [4.69, 9.17) is 0 Å². The zero-order valence-electron chi connectivity index (χ0n) is 10.4. The first-order chi connectivity index (χ1) is 9.34. The van der Waals surface area contributed by atoms with Crippen molar-refractivity contribution < 1.29 is 4.79 Å². The van der Waals surface area contributed by atoms with E-state index in [1.807, 2.05) is 36.0 Å². The van der Waals surface area contributed by atoms with Crippen LogP contribution < -0.4 is 10.6 Å². The molecule has 1 fully saturated rings. The molecule has 0 radical (unpaired) electrons. The van der Waals surface area contributed by atoms with Gasteiger partial charge in [-0.15, -0.1) is 0 Å². The molecule has 1 aromatic heterocycles. The van der Waals surface area contributed by atoms with Crippen LogP contribution in [0, 0.1) is 0 Å². The van der Waals surface area contributed by atoms with Crippen molar-refractivity contribution in [3.63, 3.8) is 0 Å². The van der Waals surface area contributed by atoms with Gasteiger partial charge in [0.2, 0.25) is 5.91 Å². The molecule has 0 spiro atoms. The van der Waals surface area contributed by atoms with E-state index < -0.39 is 0 Å². The van der Waals surface area contributed by atoms with Gasteiger partial charge in [0.05, 0.1) is 11.7 Å². The van der Waals surface area contributed by atoms with Crippen LogP contribution in [0.25, 0.3) is 10.8 Å². The van der Waals surface area contributed by atoms with E-state index in [2.05, 4.69) is 15.6 Å². The number of hydrogen-bond donors (Lipinski definition) is 2. The van der Waals surface area contributed by atoms with Crippen LogP contribution in [-0.2, 0) is 4.79 Å². The van der Waals surface area contributed by atoms with Gasteiger partial charge in [-0.1, -0.05) is 12.1 Å². The number of nitrogens with zero attached hydrogens (tertiary/aromatic N) is 1.